The first-order chi connectivity index (χ1) is 11.4. The molecule has 8 heteroatoms. The molecule has 2 atom stereocenters. The van der Waals surface area contributed by atoms with Crippen molar-refractivity contribution in [2.75, 3.05) is 0 Å². The van der Waals surface area contributed by atoms with Gasteiger partial charge in [-0.25, -0.2) is 9.50 Å². The van der Waals surface area contributed by atoms with Gasteiger partial charge in [0.05, 0.1) is 0 Å². The Labute approximate surface area is 139 Å². The van der Waals surface area contributed by atoms with Gasteiger partial charge in [0, 0.05) is 18.0 Å². The van der Waals surface area contributed by atoms with E-state index in [-0.39, 0.29) is 17.6 Å². The van der Waals surface area contributed by atoms with E-state index in [1.807, 2.05) is 0 Å². The van der Waals surface area contributed by atoms with Crippen molar-refractivity contribution in [2.24, 2.45) is 0 Å². The molecule has 0 spiro atoms. The van der Waals surface area contributed by atoms with Crippen LogP contribution in [-0.2, 0) is 0 Å². The van der Waals surface area contributed by atoms with Crippen LogP contribution in [0.3, 0.4) is 0 Å². The Morgan fingerprint density at radius 2 is 2.04 bits per heavy atom. The second-order valence-electron chi connectivity index (χ2n) is 5.69. The maximum absolute atomic E-state index is 12.4. The van der Waals surface area contributed by atoms with Crippen molar-refractivity contribution in [3.8, 4) is 5.75 Å². The molecule has 4 rings (SSSR count). The Morgan fingerprint density at radius 1 is 1.21 bits per heavy atom. The lowest BCUT2D eigenvalue weighted by Crippen LogP contribution is -2.17. The minimum Gasteiger partial charge on any atom is -0.406 e. The van der Waals surface area contributed by atoms with Crippen LogP contribution in [0.4, 0.5) is 13.2 Å². The third-order valence-corrected chi connectivity index (χ3v) is 4.25. The number of fused-ring (bicyclic) bond motifs is 1. The van der Waals surface area contributed by atoms with Crippen molar-refractivity contribution in [2.45, 2.75) is 24.6 Å². The van der Waals surface area contributed by atoms with Crippen LogP contribution in [0.5, 0.6) is 5.75 Å². The molecule has 0 N–H and O–H groups in total. The highest BCUT2D eigenvalue weighted by atomic mass is 35.5. The first-order valence-electron chi connectivity index (χ1n) is 7.26. The highest BCUT2D eigenvalue weighted by Crippen LogP contribution is 2.56. The van der Waals surface area contributed by atoms with E-state index in [2.05, 4.69) is 14.8 Å². The van der Waals surface area contributed by atoms with Gasteiger partial charge in [-0.3, -0.25) is 0 Å². The molecule has 0 aliphatic heterocycles. The van der Waals surface area contributed by atoms with Crippen LogP contribution in [0.15, 0.2) is 42.7 Å². The van der Waals surface area contributed by atoms with Gasteiger partial charge in [0.25, 0.3) is 0 Å². The molecular weight excluding hydrogens is 343 g/mol. The quantitative estimate of drug-likeness (QED) is 0.693. The van der Waals surface area contributed by atoms with Gasteiger partial charge in [0.15, 0.2) is 5.65 Å². The van der Waals surface area contributed by atoms with E-state index in [9.17, 15) is 13.2 Å². The van der Waals surface area contributed by atoms with Crippen LogP contribution < -0.4 is 4.74 Å². The van der Waals surface area contributed by atoms with Crippen LogP contribution in [0.2, 0.25) is 5.15 Å². The fraction of sp³-hybridized carbons (Fsp3) is 0.250. The minimum absolute atomic E-state index is 0.112. The number of halogens is 4. The van der Waals surface area contributed by atoms with Gasteiger partial charge in [-0.2, -0.15) is 5.10 Å². The highest BCUT2D eigenvalue weighted by molar-refractivity contribution is 6.29. The van der Waals surface area contributed by atoms with Crippen LogP contribution >= 0.6 is 11.6 Å². The number of alkyl halides is 3. The number of hydrogen-bond donors (Lipinski definition) is 0. The summed E-state index contributed by atoms with van der Waals surface area (Å²) in [7, 11) is 0. The largest absolute Gasteiger partial charge is 0.573 e. The van der Waals surface area contributed by atoms with Gasteiger partial charge in [0.2, 0.25) is 0 Å². The standard InChI is InChI=1S/C16H11ClF3N3O/c17-14-8-13(15-21-4-5-23(15)22-14)12-7-11(12)9-2-1-3-10(6-9)24-16(18,19)20/h1-6,8,11-12H,7H2/t11-,12+/m1/s1. The average Bonchev–Trinajstić information content (AvgIpc) is 3.15. The molecule has 2 heterocycles. The summed E-state index contributed by atoms with van der Waals surface area (Å²) in [5, 5.41) is 4.49. The lowest BCUT2D eigenvalue weighted by Gasteiger charge is -2.10. The fourth-order valence-corrected chi connectivity index (χ4v) is 3.23. The van der Waals surface area contributed by atoms with Gasteiger partial charge >= 0.3 is 6.36 Å². The minimum atomic E-state index is -4.69. The summed E-state index contributed by atoms with van der Waals surface area (Å²) in [6.45, 7) is 0. The van der Waals surface area contributed by atoms with E-state index in [0.717, 1.165) is 23.2 Å². The maximum atomic E-state index is 12.4. The third kappa shape index (κ3) is 2.91. The van der Waals surface area contributed by atoms with E-state index in [1.165, 1.54) is 12.1 Å². The van der Waals surface area contributed by atoms with Gasteiger partial charge in [-0.15, -0.1) is 13.2 Å². The molecule has 0 saturated heterocycles. The first-order valence-corrected chi connectivity index (χ1v) is 7.64. The molecule has 0 radical (unpaired) electrons. The summed E-state index contributed by atoms with van der Waals surface area (Å²) in [5.41, 5.74) is 2.47. The predicted octanol–water partition coefficient (Wildman–Crippen LogP) is 4.55. The van der Waals surface area contributed by atoms with Gasteiger partial charge in [0.1, 0.15) is 10.9 Å². The first kappa shape index (κ1) is 15.3. The molecule has 0 unspecified atom stereocenters. The molecule has 1 aliphatic carbocycles. The lowest BCUT2D eigenvalue weighted by molar-refractivity contribution is -0.274. The normalized spacial score (nSPS) is 20.3. The van der Waals surface area contributed by atoms with Crippen LogP contribution in [0, 0.1) is 0 Å². The van der Waals surface area contributed by atoms with Gasteiger partial charge < -0.3 is 4.74 Å². The van der Waals surface area contributed by atoms with E-state index >= 15 is 0 Å². The number of rotatable bonds is 3. The summed E-state index contributed by atoms with van der Waals surface area (Å²) < 4.78 is 42.7. The van der Waals surface area contributed by atoms with Crippen molar-refractivity contribution in [3.63, 3.8) is 0 Å². The van der Waals surface area contributed by atoms with E-state index < -0.39 is 6.36 Å². The van der Waals surface area contributed by atoms with Crippen molar-refractivity contribution >= 4 is 17.2 Å². The summed E-state index contributed by atoms with van der Waals surface area (Å²) in [6, 6.07) is 7.87. The SMILES string of the molecule is FC(F)(F)Oc1cccc([C@H]2C[C@@H]2c2cc(Cl)nn3ccnc23)c1. The number of nitrogens with zero attached hydrogens (tertiary/aromatic N) is 3. The molecule has 1 fully saturated rings. The number of benzene rings is 1. The summed E-state index contributed by atoms with van der Waals surface area (Å²) in [5.74, 6) is 0.0571. The zero-order valence-electron chi connectivity index (χ0n) is 12.2. The molecule has 24 heavy (non-hydrogen) atoms. The molecule has 0 amide bonds. The number of ether oxygens (including phenoxy) is 1. The fourth-order valence-electron chi connectivity index (χ4n) is 3.03. The van der Waals surface area contributed by atoms with Crippen molar-refractivity contribution in [1.82, 2.24) is 14.6 Å². The summed E-state index contributed by atoms with van der Waals surface area (Å²) in [6.07, 6.45) is -0.530. The molecule has 1 saturated carbocycles. The molecule has 3 aromatic rings. The van der Waals surface area contributed by atoms with Crippen molar-refractivity contribution < 1.29 is 17.9 Å². The van der Waals surface area contributed by atoms with E-state index in [4.69, 9.17) is 11.6 Å². The molecule has 1 aliphatic rings. The van der Waals surface area contributed by atoms with Crippen LogP contribution in [0.1, 0.15) is 29.4 Å². The second kappa shape index (κ2) is 5.37. The van der Waals surface area contributed by atoms with Crippen LogP contribution in [0.25, 0.3) is 5.65 Å². The molecule has 124 valence electrons. The molecule has 2 aromatic heterocycles. The van der Waals surface area contributed by atoms with Gasteiger partial charge in [-0.05, 0) is 42.0 Å². The number of aromatic nitrogens is 3. The second-order valence-corrected chi connectivity index (χ2v) is 6.07. The van der Waals surface area contributed by atoms with Gasteiger partial charge in [-0.1, -0.05) is 23.7 Å². The monoisotopic (exact) mass is 353 g/mol. The Bertz CT molecular complexity index is 909. The topological polar surface area (TPSA) is 39.4 Å². The Hall–Kier alpha value is -2.28. The van der Waals surface area contributed by atoms with E-state index in [1.54, 1.807) is 35.1 Å². The van der Waals surface area contributed by atoms with Crippen LogP contribution in [-0.4, -0.2) is 21.0 Å². The van der Waals surface area contributed by atoms with E-state index in [0.29, 0.717) is 5.15 Å². The lowest BCUT2D eigenvalue weighted by atomic mass is 10.1. The number of imidazole rings is 1. The molecule has 0 bridgehead atoms. The third-order valence-electron chi connectivity index (χ3n) is 4.07. The molecule has 1 aromatic carbocycles. The van der Waals surface area contributed by atoms with Crippen molar-refractivity contribution in [3.05, 3.63) is 59.0 Å². The predicted molar refractivity (Wildman–Crippen MR) is 81.2 cm³/mol. The molecular formula is C16H11ClF3N3O. The Balaban J connectivity index is 1.62. The maximum Gasteiger partial charge on any atom is 0.573 e. The Morgan fingerprint density at radius 3 is 2.83 bits per heavy atom. The Kier molecular flexibility index (Phi) is 3.42. The average molecular weight is 354 g/mol. The summed E-state index contributed by atoms with van der Waals surface area (Å²) in [4.78, 5) is 4.28. The highest BCUT2D eigenvalue weighted by Gasteiger charge is 2.41. The van der Waals surface area contributed by atoms with Crippen molar-refractivity contribution in [1.29, 1.82) is 0 Å². The smallest absolute Gasteiger partial charge is 0.406 e. The molecule has 4 nitrogen and oxygen atoms in total. The summed E-state index contributed by atoms with van der Waals surface area (Å²) >= 11 is 6.04. The zero-order chi connectivity index (χ0) is 16.9. The number of hydrogen-bond acceptors (Lipinski definition) is 3. The zero-order valence-corrected chi connectivity index (χ0v) is 12.9.